The SMILES string of the molecule is CCCN(CCCc1nc(CCl)cs1)CCN(C)C. The van der Waals surface area contributed by atoms with Gasteiger partial charge in [-0.25, -0.2) is 4.98 Å². The molecule has 3 nitrogen and oxygen atoms in total. The highest BCUT2D eigenvalue weighted by atomic mass is 35.5. The van der Waals surface area contributed by atoms with Crippen molar-refractivity contribution in [2.75, 3.05) is 40.3 Å². The van der Waals surface area contributed by atoms with E-state index in [1.165, 1.54) is 24.4 Å². The Balaban J connectivity index is 2.26. The zero-order valence-electron chi connectivity index (χ0n) is 12.4. The van der Waals surface area contributed by atoms with Crippen molar-refractivity contribution in [1.82, 2.24) is 14.8 Å². The second-order valence-electron chi connectivity index (χ2n) is 5.11. The molecule has 19 heavy (non-hydrogen) atoms. The second-order valence-corrected chi connectivity index (χ2v) is 6.32. The first kappa shape index (κ1) is 16.9. The summed E-state index contributed by atoms with van der Waals surface area (Å²) < 4.78 is 0. The van der Waals surface area contributed by atoms with E-state index in [-0.39, 0.29) is 0 Å². The minimum atomic E-state index is 0.529. The van der Waals surface area contributed by atoms with Crippen LogP contribution in [0.4, 0.5) is 0 Å². The van der Waals surface area contributed by atoms with Crippen molar-refractivity contribution in [3.63, 3.8) is 0 Å². The Kier molecular flexibility index (Phi) is 8.62. The summed E-state index contributed by atoms with van der Waals surface area (Å²) in [7, 11) is 4.26. The lowest BCUT2D eigenvalue weighted by Gasteiger charge is -2.23. The van der Waals surface area contributed by atoms with Gasteiger partial charge in [-0.05, 0) is 40.0 Å². The highest BCUT2D eigenvalue weighted by Crippen LogP contribution is 2.13. The van der Waals surface area contributed by atoms with E-state index in [0.29, 0.717) is 5.88 Å². The fraction of sp³-hybridized carbons (Fsp3) is 0.786. The minimum absolute atomic E-state index is 0.529. The number of alkyl halides is 1. The van der Waals surface area contributed by atoms with E-state index in [1.807, 2.05) is 0 Å². The maximum Gasteiger partial charge on any atom is 0.0929 e. The van der Waals surface area contributed by atoms with E-state index in [0.717, 1.165) is 31.7 Å². The molecule has 1 rings (SSSR count). The molecule has 1 aromatic rings. The Labute approximate surface area is 126 Å². The summed E-state index contributed by atoms with van der Waals surface area (Å²) in [5.74, 6) is 0.529. The van der Waals surface area contributed by atoms with Gasteiger partial charge in [-0.1, -0.05) is 6.92 Å². The topological polar surface area (TPSA) is 19.4 Å². The summed E-state index contributed by atoms with van der Waals surface area (Å²) in [6.45, 7) is 6.89. The molecule has 1 aromatic heterocycles. The third-order valence-electron chi connectivity index (χ3n) is 3.00. The molecule has 1 heterocycles. The van der Waals surface area contributed by atoms with Crippen LogP contribution in [-0.4, -0.2) is 55.1 Å². The van der Waals surface area contributed by atoms with Crippen molar-refractivity contribution in [2.45, 2.75) is 32.1 Å². The van der Waals surface area contributed by atoms with Crippen LogP contribution in [-0.2, 0) is 12.3 Å². The van der Waals surface area contributed by atoms with Gasteiger partial charge in [0, 0.05) is 24.9 Å². The fourth-order valence-corrected chi connectivity index (χ4v) is 3.04. The summed E-state index contributed by atoms with van der Waals surface area (Å²) in [6.07, 6.45) is 3.48. The third-order valence-corrected chi connectivity index (χ3v) is 4.24. The number of aryl methyl sites for hydroxylation is 1. The monoisotopic (exact) mass is 303 g/mol. The van der Waals surface area contributed by atoms with Gasteiger partial charge in [0.15, 0.2) is 0 Å². The largest absolute Gasteiger partial charge is 0.308 e. The number of hydrogen-bond acceptors (Lipinski definition) is 4. The normalized spacial score (nSPS) is 11.7. The fourth-order valence-electron chi connectivity index (χ4n) is 1.97. The van der Waals surface area contributed by atoms with Crippen molar-refractivity contribution in [2.24, 2.45) is 0 Å². The Morgan fingerprint density at radius 3 is 2.58 bits per heavy atom. The van der Waals surface area contributed by atoms with Gasteiger partial charge in [-0.15, -0.1) is 22.9 Å². The van der Waals surface area contributed by atoms with Crippen LogP contribution in [0.15, 0.2) is 5.38 Å². The minimum Gasteiger partial charge on any atom is -0.308 e. The molecule has 0 aliphatic carbocycles. The summed E-state index contributed by atoms with van der Waals surface area (Å²) in [6, 6.07) is 0. The molecular weight excluding hydrogens is 278 g/mol. The van der Waals surface area contributed by atoms with E-state index in [9.17, 15) is 0 Å². The molecule has 5 heteroatoms. The molecule has 0 fully saturated rings. The van der Waals surface area contributed by atoms with Gasteiger partial charge in [0.25, 0.3) is 0 Å². The van der Waals surface area contributed by atoms with Crippen molar-refractivity contribution in [3.05, 3.63) is 16.1 Å². The molecule has 0 bridgehead atoms. The molecule has 0 spiro atoms. The number of hydrogen-bond donors (Lipinski definition) is 0. The van der Waals surface area contributed by atoms with E-state index in [1.54, 1.807) is 11.3 Å². The van der Waals surface area contributed by atoms with Crippen LogP contribution in [0.3, 0.4) is 0 Å². The third kappa shape index (κ3) is 7.25. The second kappa shape index (κ2) is 9.70. The molecular formula is C14H26ClN3S. The summed E-state index contributed by atoms with van der Waals surface area (Å²) >= 11 is 7.50. The average Bonchev–Trinajstić information content (AvgIpc) is 2.84. The first-order valence-corrected chi connectivity index (χ1v) is 8.43. The molecule has 0 amide bonds. The number of halogens is 1. The van der Waals surface area contributed by atoms with Crippen LogP contribution in [0, 0.1) is 0 Å². The molecule has 0 aliphatic heterocycles. The molecule has 0 aliphatic rings. The molecule has 0 saturated carbocycles. The van der Waals surface area contributed by atoms with E-state index < -0.39 is 0 Å². The highest BCUT2D eigenvalue weighted by molar-refractivity contribution is 7.09. The zero-order chi connectivity index (χ0) is 14.1. The number of likely N-dealkylation sites (N-methyl/N-ethyl adjacent to an activating group) is 1. The smallest absolute Gasteiger partial charge is 0.0929 e. The number of thiazole rings is 1. The lowest BCUT2D eigenvalue weighted by molar-refractivity contribution is 0.239. The Bertz CT molecular complexity index is 341. The van der Waals surface area contributed by atoms with Gasteiger partial charge in [0.2, 0.25) is 0 Å². The van der Waals surface area contributed by atoms with Gasteiger partial charge in [0.05, 0.1) is 16.6 Å². The standard InChI is InChI=1S/C14H26ClN3S/c1-4-7-18(10-9-17(2)3)8-5-6-14-16-13(11-15)12-19-14/h12H,4-11H2,1-3H3. The van der Waals surface area contributed by atoms with E-state index >= 15 is 0 Å². The number of nitrogens with zero attached hydrogens (tertiary/aromatic N) is 3. The highest BCUT2D eigenvalue weighted by Gasteiger charge is 2.06. The lowest BCUT2D eigenvalue weighted by atomic mass is 10.3. The maximum absolute atomic E-state index is 5.77. The summed E-state index contributed by atoms with van der Waals surface area (Å²) in [4.78, 5) is 9.30. The van der Waals surface area contributed by atoms with E-state index in [4.69, 9.17) is 11.6 Å². The molecule has 0 unspecified atom stereocenters. The van der Waals surface area contributed by atoms with Gasteiger partial charge in [0.1, 0.15) is 0 Å². The Morgan fingerprint density at radius 2 is 2.00 bits per heavy atom. The first-order chi connectivity index (χ1) is 9.15. The van der Waals surface area contributed by atoms with Gasteiger partial charge in [-0.3, -0.25) is 0 Å². The molecule has 0 atom stereocenters. The Morgan fingerprint density at radius 1 is 1.21 bits per heavy atom. The molecule has 0 saturated heterocycles. The van der Waals surface area contributed by atoms with Crippen LogP contribution in [0.5, 0.6) is 0 Å². The quantitative estimate of drug-likeness (QED) is 0.619. The number of aromatic nitrogens is 1. The number of rotatable bonds is 10. The van der Waals surface area contributed by atoms with Crippen molar-refractivity contribution < 1.29 is 0 Å². The van der Waals surface area contributed by atoms with Gasteiger partial charge in [-0.2, -0.15) is 0 Å². The van der Waals surface area contributed by atoms with Gasteiger partial charge < -0.3 is 9.80 Å². The predicted octanol–water partition coefficient (Wildman–Crippen LogP) is 3.09. The Hall–Kier alpha value is -0.160. The maximum atomic E-state index is 5.77. The van der Waals surface area contributed by atoms with Crippen LogP contribution >= 0.6 is 22.9 Å². The lowest BCUT2D eigenvalue weighted by Crippen LogP contribution is -2.33. The summed E-state index contributed by atoms with van der Waals surface area (Å²) in [5.41, 5.74) is 1.01. The van der Waals surface area contributed by atoms with Crippen molar-refractivity contribution in [1.29, 1.82) is 0 Å². The van der Waals surface area contributed by atoms with Crippen LogP contribution in [0.25, 0.3) is 0 Å². The van der Waals surface area contributed by atoms with Crippen LogP contribution in [0.2, 0.25) is 0 Å². The molecule has 110 valence electrons. The summed E-state index contributed by atoms with van der Waals surface area (Å²) in [5, 5.41) is 3.29. The zero-order valence-corrected chi connectivity index (χ0v) is 13.9. The van der Waals surface area contributed by atoms with Crippen molar-refractivity contribution >= 4 is 22.9 Å². The molecule has 0 radical (unpaired) electrons. The van der Waals surface area contributed by atoms with E-state index in [2.05, 4.69) is 41.2 Å². The van der Waals surface area contributed by atoms with Crippen molar-refractivity contribution in [3.8, 4) is 0 Å². The first-order valence-electron chi connectivity index (χ1n) is 7.02. The molecule has 0 N–H and O–H groups in total. The molecule has 0 aromatic carbocycles. The van der Waals surface area contributed by atoms with Crippen LogP contribution in [0.1, 0.15) is 30.5 Å². The van der Waals surface area contributed by atoms with Gasteiger partial charge >= 0.3 is 0 Å². The predicted molar refractivity (Wildman–Crippen MR) is 85.3 cm³/mol. The van der Waals surface area contributed by atoms with Crippen LogP contribution < -0.4 is 0 Å². The average molecular weight is 304 g/mol.